The van der Waals surface area contributed by atoms with Crippen molar-refractivity contribution in [1.82, 2.24) is 10.2 Å². The number of fused-ring (bicyclic) bond motifs is 1. The normalized spacial score (nSPS) is 18.5. The molecule has 1 unspecified atom stereocenters. The third-order valence-corrected chi connectivity index (χ3v) is 3.75. The van der Waals surface area contributed by atoms with Gasteiger partial charge in [0.25, 0.3) is 5.91 Å². The molecule has 0 saturated carbocycles. The van der Waals surface area contributed by atoms with E-state index in [2.05, 4.69) is 10.2 Å². The van der Waals surface area contributed by atoms with Crippen LogP contribution in [-0.2, 0) is 0 Å². The first-order chi connectivity index (χ1) is 9.68. The molecule has 5 heteroatoms. The average Bonchev–Trinajstić information content (AvgIpc) is 2.81. The molecule has 2 aromatic rings. The van der Waals surface area contributed by atoms with Crippen molar-refractivity contribution in [2.75, 3.05) is 11.4 Å². The lowest BCUT2D eigenvalue weighted by Crippen LogP contribution is -2.32. The highest BCUT2D eigenvalue weighted by molar-refractivity contribution is 6.07. The third-order valence-electron chi connectivity index (χ3n) is 3.75. The number of benzene rings is 1. The van der Waals surface area contributed by atoms with Gasteiger partial charge in [-0.2, -0.15) is 5.10 Å². The van der Waals surface area contributed by atoms with Crippen LogP contribution in [0.15, 0.2) is 30.5 Å². The predicted octanol–water partition coefficient (Wildman–Crippen LogP) is 2.19. The highest BCUT2D eigenvalue weighted by Gasteiger charge is 2.27. The van der Waals surface area contributed by atoms with Crippen LogP contribution in [0.25, 0.3) is 0 Å². The summed E-state index contributed by atoms with van der Waals surface area (Å²) in [5.41, 5.74) is 2.95. The number of aromatic amines is 1. The topological polar surface area (TPSA) is 69.2 Å². The van der Waals surface area contributed by atoms with E-state index in [0.29, 0.717) is 18.5 Å². The number of nitrogens with zero attached hydrogens (tertiary/aromatic N) is 2. The molecular weight excluding hydrogens is 254 g/mol. The average molecular weight is 271 g/mol. The first kappa shape index (κ1) is 12.9. The molecule has 1 aliphatic heterocycles. The zero-order valence-electron chi connectivity index (χ0n) is 11.3. The van der Waals surface area contributed by atoms with E-state index in [1.54, 1.807) is 11.1 Å². The number of para-hydroxylation sites is 1. The maximum atomic E-state index is 12.7. The second-order valence-electron chi connectivity index (χ2n) is 5.08. The Morgan fingerprint density at radius 2 is 2.25 bits per heavy atom. The van der Waals surface area contributed by atoms with Crippen molar-refractivity contribution in [2.24, 2.45) is 0 Å². The van der Waals surface area contributed by atoms with Crippen LogP contribution in [0.2, 0.25) is 0 Å². The fourth-order valence-corrected chi connectivity index (χ4v) is 2.66. The van der Waals surface area contributed by atoms with E-state index in [0.717, 1.165) is 23.4 Å². The highest BCUT2D eigenvalue weighted by Crippen LogP contribution is 2.33. The van der Waals surface area contributed by atoms with Gasteiger partial charge in [-0.05, 0) is 25.8 Å². The molecule has 0 bridgehead atoms. The number of aryl methyl sites for hydroxylation is 1. The number of aliphatic hydroxyl groups is 1. The summed E-state index contributed by atoms with van der Waals surface area (Å²) in [6.45, 7) is 2.44. The Morgan fingerprint density at radius 1 is 1.45 bits per heavy atom. The van der Waals surface area contributed by atoms with E-state index in [1.807, 2.05) is 31.2 Å². The van der Waals surface area contributed by atoms with Crippen LogP contribution >= 0.6 is 0 Å². The first-order valence-corrected chi connectivity index (χ1v) is 6.77. The number of hydrogen-bond donors (Lipinski definition) is 2. The Kier molecular flexibility index (Phi) is 3.28. The van der Waals surface area contributed by atoms with Crippen LogP contribution in [0.3, 0.4) is 0 Å². The van der Waals surface area contributed by atoms with Crippen molar-refractivity contribution < 1.29 is 9.90 Å². The van der Waals surface area contributed by atoms with Gasteiger partial charge in [0, 0.05) is 23.5 Å². The molecule has 3 rings (SSSR count). The van der Waals surface area contributed by atoms with Crippen molar-refractivity contribution >= 4 is 11.6 Å². The van der Waals surface area contributed by atoms with E-state index in [4.69, 9.17) is 0 Å². The molecule has 0 radical (unpaired) electrons. The molecule has 1 aliphatic rings. The summed E-state index contributed by atoms with van der Waals surface area (Å²) in [6, 6.07) is 7.55. The quantitative estimate of drug-likeness (QED) is 0.835. The highest BCUT2D eigenvalue weighted by atomic mass is 16.3. The fourth-order valence-electron chi connectivity index (χ4n) is 2.66. The smallest absolute Gasteiger partial charge is 0.261 e. The van der Waals surface area contributed by atoms with Gasteiger partial charge in [-0.25, -0.2) is 0 Å². The number of anilines is 1. The van der Waals surface area contributed by atoms with Crippen molar-refractivity contribution in [3.63, 3.8) is 0 Å². The van der Waals surface area contributed by atoms with Gasteiger partial charge >= 0.3 is 0 Å². The van der Waals surface area contributed by atoms with Gasteiger partial charge in [-0.15, -0.1) is 0 Å². The number of rotatable bonds is 1. The second kappa shape index (κ2) is 5.09. The molecule has 2 heterocycles. The van der Waals surface area contributed by atoms with E-state index < -0.39 is 6.10 Å². The minimum Gasteiger partial charge on any atom is -0.388 e. The molecule has 1 aromatic heterocycles. The Labute approximate surface area is 117 Å². The van der Waals surface area contributed by atoms with Crippen molar-refractivity contribution in [3.05, 3.63) is 47.3 Å². The number of amides is 1. The van der Waals surface area contributed by atoms with Gasteiger partial charge in [0.15, 0.2) is 0 Å². The number of hydrogen-bond acceptors (Lipinski definition) is 3. The minimum atomic E-state index is -0.505. The number of H-pyrrole nitrogens is 1. The molecule has 104 valence electrons. The molecule has 20 heavy (non-hydrogen) atoms. The van der Waals surface area contributed by atoms with Crippen molar-refractivity contribution in [3.8, 4) is 0 Å². The zero-order chi connectivity index (χ0) is 14.1. The number of aliphatic hydroxyl groups excluding tert-OH is 1. The minimum absolute atomic E-state index is 0.0715. The summed E-state index contributed by atoms with van der Waals surface area (Å²) < 4.78 is 0. The molecule has 0 saturated heterocycles. The third kappa shape index (κ3) is 2.10. The largest absolute Gasteiger partial charge is 0.388 e. The Morgan fingerprint density at radius 3 is 3.00 bits per heavy atom. The summed E-state index contributed by atoms with van der Waals surface area (Å²) >= 11 is 0. The van der Waals surface area contributed by atoms with E-state index >= 15 is 0 Å². The maximum absolute atomic E-state index is 12.7. The Bertz CT molecular complexity index is 636. The van der Waals surface area contributed by atoms with E-state index in [9.17, 15) is 9.90 Å². The standard InChI is InChI=1S/C15H17N3O2/c1-10-12(9-16-17-10)15(20)18-8-4-7-14(19)11-5-2-3-6-13(11)18/h2-3,5-6,9,14,19H,4,7-8H2,1H3,(H,16,17). The number of nitrogens with one attached hydrogen (secondary N) is 1. The van der Waals surface area contributed by atoms with Gasteiger partial charge < -0.3 is 10.0 Å². The number of carbonyl (C=O) groups excluding carboxylic acids is 1. The molecule has 2 N–H and O–H groups in total. The van der Waals surface area contributed by atoms with Crippen LogP contribution in [-0.4, -0.2) is 27.8 Å². The lowest BCUT2D eigenvalue weighted by Gasteiger charge is -2.23. The molecule has 0 spiro atoms. The van der Waals surface area contributed by atoms with Crippen LogP contribution in [0, 0.1) is 6.92 Å². The van der Waals surface area contributed by atoms with Crippen molar-refractivity contribution in [1.29, 1.82) is 0 Å². The molecular formula is C15H17N3O2. The van der Waals surface area contributed by atoms with Gasteiger partial charge in [0.2, 0.25) is 0 Å². The fraction of sp³-hybridized carbons (Fsp3) is 0.333. The summed E-state index contributed by atoms with van der Waals surface area (Å²) in [6.07, 6.45) is 2.50. The lowest BCUT2D eigenvalue weighted by molar-refractivity contribution is 0.0986. The first-order valence-electron chi connectivity index (χ1n) is 6.77. The van der Waals surface area contributed by atoms with Crippen LogP contribution in [0.4, 0.5) is 5.69 Å². The monoisotopic (exact) mass is 271 g/mol. The summed E-state index contributed by atoms with van der Waals surface area (Å²) in [5.74, 6) is -0.0715. The molecule has 5 nitrogen and oxygen atoms in total. The van der Waals surface area contributed by atoms with E-state index in [1.165, 1.54) is 0 Å². The van der Waals surface area contributed by atoms with Gasteiger partial charge in [0.05, 0.1) is 17.9 Å². The molecule has 1 atom stereocenters. The van der Waals surface area contributed by atoms with Gasteiger partial charge in [-0.3, -0.25) is 9.89 Å². The van der Waals surface area contributed by atoms with Crippen LogP contribution in [0.5, 0.6) is 0 Å². The maximum Gasteiger partial charge on any atom is 0.261 e. The van der Waals surface area contributed by atoms with Crippen LogP contribution in [0.1, 0.15) is 40.6 Å². The number of aromatic nitrogens is 2. The van der Waals surface area contributed by atoms with Gasteiger partial charge in [0.1, 0.15) is 0 Å². The molecule has 0 aliphatic carbocycles. The molecule has 1 aromatic carbocycles. The SMILES string of the molecule is Cc1[nH]ncc1C(=O)N1CCCC(O)c2ccccc21. The van der Waals surface area contributed by atoms with Crippen molar-refractivity contribution in [2.45, 2.75) is 25.9 Å². The predicted molar refractivity (Wildman–Crippen MR) is 75.6 cm³/mol. The van der Waals surface area contributed by atoms with E-state index in [-0.39, 0.29) is 5.91 Å². The van der Waals surface area contributed by atoms with Crippen LogP contribution < -0.4 is 4.90 Å². The van der Waals surface area contributed by atoms with Gasteiger partial charge in [-0.1, -0.05) is 18.2 Å². The molecule has 1 amide bonds. The lowest BCUT2D eigenvalue weighted by atomic mass is 10.0. The Hall–Kier alpha value is -2.14. The summed E-state index contributed by atoms with van der Waals surface area (Å²) in [5, 5.41) is 16.9. The molecule has 0 fully saturated rings. The Balaban J connectivity index is 2.03. The summed E-state index contributed by atoms with van der Waals surface area (Å²) in [7, 11) is 0. The summed E-state index contributed by atoms with van der Waals surface area (Å²) in [4.78, 5) is 14.4. The number of carbonyl (C=O) groups is 1. The second-order valence-corrected chi connectivity index (χ2v) is 5.08. The zero-order valence-corrected chi connectivity index (χ0v) is 11.3.